The van der Waals surface area contributed by atoms with Crippen LogP contribution in [0.15, 0.2) is 9.98 Å². The van der Waals surface area contributed by atoms with E-state index in [-0.39, 0.29) is 0 Å². The summed E-state index contributed by atoms with van der Waals surface area (Å²) < 4.78 is 0. The van der Waals surface area contributed by atoms with E-state index in [1.165, 1.54) is 0 Å². The molecule has 0 amide bonds. The molecule has 0 saturated heterocycles. The van der Waals surface area contributed by atoms with Crippen molar-refractivity contribution < 1.29 is 0 Å². The van der Waals surface area contributed by atoms with Crippen LogP contribution < -0.4 is 0 Å². The quantitative estimate of drug-likeness (QED) is 0.382. The van der Waals surface area contributed by atoms with Crippen LogP contribution in [-0.4, -0.2) is 19.1 Å². The molecule has 0 fully saturated rings. The van der Waals surface area contributed by atoms with E-state index in [4.69, 9.17) is 0 Å². The number of hydrogen-bond acceptors (Lipinski definition) is 1. The van der Waals surface area contributed by atoms with Crippen molar-refractivity contribution in [2.45, 2.75) is 20.3 Å². The molecule has 0 spiro atoms. The van der Waals surface area contributed by atoms with E-state index in [2.05, 4.69) is 16.9 Å². The van der Waals surface area contributed by atoms with Gasteiger partial charge in [-0.1, -0.05) is 6.92 Å². The third-order valence-electron chi connectivity index (χ3n) is 0.905. The zero-order chi connectivity index (χ0) is 6.41. The second-order valence-electron chi connectivity index (χ2n) is 1.59. The number of rotatable bonds is 2. The van der Waals surface area contributed by atoms with Gasteiger partial charge >= 0.3 is 0 Å². The molecule has 0 aliphatic carbocycles. The van der Waals surface area contributed by atoms with Crippen molar-refractivity contribution in [1.29, 1.82) is 0 Å². The molecule has 0 N–H and O–H groups in total. The molecule has 0 heterocycles. The summed E-state index contributed by atoms with van der Waals surface area (Å²) in [6.07, 6.45) is 2.57. The fourth-order valence-electron chi connectivity index (χ4n) is 0.248. The highest BCUT2D eigenvalue weighted by molar-refractivity contribution is 5.88. The van der Waals surface area contributed by atoms with Gasteiger partial charge < -0.3 is 0 Å². The summed E-state index contributed by atoms with van der Waals surface area (Å²) in [4.78, 5) is 7.70. The lowest BCUT2D eigenvalue weighted by atomic mass is 10.3. The van der Waals surface area contributed by atoms with Crippen LogP contribution in [0.2, 0.25) is 0 Å². The Hall–Kier alpha value is -0.660. The molecule has 0 radical (unpaired) electrons. The van der Waals surface area contributed by atoms with Crippen molar-refractivity contribution in [3.8, 4) is 0 Å². The first kappa shape index (κ1) is 7.34. The molecule has 46 valence electrons. The third-order valence-corrected chi connectivity index (χ3v) is 0.905. The van der Waals surface area contributed by atoms with Crippen LogP contribution in [-0.2, 0) is 0 Å². The molecule has 0 unspecified atom stereocenters. The van der Waals surface area contributed by atoms with Crippen molar-refractivity contribution in [3.63, 3.8) is 0 Å². The predicted molar refractivity (Wildman–Crippen MR) is 37.8 cm³/mol. The highest BCUT2D eigenvalue weighted by Crippen LogP contribution is 1.80. The highest BCUT2D eigenvalue weighted by atomic mass is 14.8. The van der Waals surface area contributed by atoms with Crippen LogP contribution in [0.25, 0.3) is 0 Å². The minimum Gasteiger partial charge on any atom is -0.277 e. The van der Waals surface area contributed by atoms with Gasteiger partial charge in [-0.3, -0.25) is 4.99 Å². The molecule has 0 aliphatic rings. The maximum atomic E-state index is 3.99. The van der Waals surface area contributed by atoms with E-state index < -0.39 is 0 Å². The fraction of sp³-hybridized carbons (Fsp3) is 0.667. The first-order valence-electron chi connectivity index (χ1n) is 2.75. The van der Waals surface area contributed by atoms with Gasteiger partial charge in [-0.2, -0.15) is 0 Å². The van der Waals surface area contributed by atoms with Crippen LogP contribution in [0.3, 0.4) is 0 Å². The minimum absolute atomic E-state index is 1.01. The summed E-state index contributed by atoms with van der Waals surface area (Å²) in [7, 11) is 1.71. The van der Waals surface area contributed by atoms with E-state index in [1.807, 2.05) is 6.92 Å². The topological polar surface area (TPSA) is 24.7 Å². The van der Waals surface area contributed by atoms with Crippen molar-refractivity contribution in [2.24, 2.45) is 9.98 Å². The largest absolute Gasteiger partial charge is 0.277 e. The van der Waals surface area contributed by atoms with Crippen LogP contribution in [0.5, 0.6) is 0 Å². The monoisotopic (exact) mass is 112 g/mol. The van der Waals surface area contributed by atoms with Gasteiger partial charge in [0.05, 0.1) is 0 Å². The highest BCUT2D eigenvalue weighted by Gasteiger charge is 1.78. The Labute approximate surface area is 50.4 Å². The average molecular weight is 112 g/mol. The van der Waals surface area contributed by atoms with E-state index in [0.717, 1.165) is 12.1 Å². The van der Waals surface area contributed by atoms with Gasteiger partial charge in [0.2, 0.25) is 0 Å². The zero-order valence-electron chi connectivity index (χ0n) is 5.68. The number of nitrogens with zero attached hydrogens (tertiary/aromatic N) is 2. The second kappa shape index (κ2) is 4.50. The van der Waals surface area contributed by atoms with Gasteiger partial charge in [0.25, 0.3) is 0 Å². The molecule has 2 nitrogen and oxygen atoms in total. The van der Waals surface area contributed by atoms with E-state index in [1.54, 1.807) is 13.4 Å². The third kappa shape index (κ3) is 3.53. The van der Waals surface area contributed by atoms with Gasteiger partial charge in [0.15, 0.2) is 0 Å². The van der Waals surface area contributed by atoms with Gasteiger partial charge in [-0.05, 0) is 13.3 Å². The Kier molecular flexibility index (Phi) is 4.13. The summed E-state index contributed by atoms with van der Waals surface area (Å²) in [6, 6.07) is 0. The summed E-state index contributed by atoms with van der Waals surface area (Å²) >= 11 is 0. The van der Waals surface area contributed by atoms with Crippen molar-refractivity contribution in [1.82, 2.24) is 0 Å². The Bertz CT molecular complexity index is 103. The molecule has 0 saturated carbocycles. The van der Waals surface area contributed by atoms with Crippen LogP contribution >= 0.6 is 0 Å². The fourth-order valence-corrected chi connectivity index (χ4v) is 0.248. The molecule has 0 aromatic carbocycles. The molecule has 8 heavy (non-hydrogen) atoms. The Balaban J connectivity index is 3.57. The first-order valence-corrected chi connectivity index (χ1v) is 2.75. The van der Waals surface area contributed by atoms with E-state index in [0.29, 0.717) is 0 Å². The Morgan fingerprint density at radius 3 is 2.62 bits per heavy atom. The zero-order valence-corrected chi connectivity index (χ0v) is 5.68. The van der Waals surface area contributed by atoms with Gasteiger partial charge in [0, 0.05) is 12.8 Å². The average Bonchev–Trinajstić information content (AvgIpc) is 1.83. The van der Waals surface area contributed by atoms with Crippen molar-refractivity contribution in [3.05, 3.63) is 0 Å². The molecule has 0 rings (SSSR count). The Morgan fingerprint density at radius 1 is 1.62 bits per heavy atom. The molecular formula is C6H12N2. The minimum atomic E-state index is 1.01. The van der Waals surface area contributed by atoms with Crippen molar-refractivity contribution in [2.75, 3.05) is 7.05 Å². The molecule has 0 aromatic heterocycles. The number of hydrogen-bond donors (Lipinski definition) is 0. The predicted octanol–water partition coefficient (Wildman–Crippen LogP) is 1.52. The molecule has 0 aromatic rings. The van der Waals surface area contributed by atoms with Crippen LogP contribution in [0.1, 0.15) is 20.3 Å². The van der Waals surface area contributed by atoms with Gasteiger partial charge in [0.1, 0.15) is 6.34 Å². The Morgan fingerprint density at radius 2 is 2.25 bits per heavy atom. The first-order chi connectivity index (χ1) is 3.81. The standard InChI is InChI=1S/C6H12N2/c1-4-6(2)8-5-7-3/h5H,4H2,1-3H3/b7-5-,8-6-. The molecule has 0 atom stereocenters. The molecule has 0 aliphatic heterocycles. The summed E-state index contributed by atoms with van der Waals surface area (Å²) in [5, 5.41) is 0. The summed E-state index contributed by atoms with van der Waals surface area (Å²) in [5.41, 5.74) is 1.12. The lowest BCUT2D eigenvalue weighted by Gasteiger charge is -1.85. The van der Waals surface area contributed by atoms with E-state index >= 15 is 0 Å². The SMILES string of the molecule is CC/C(C)=N\C=N/C. The maximum Gasteiger partial charge on any atom is 0.109 e. The molecule has 2 heteroatoms. The lowest BCUT2D eigenvalue weighted by molar-refractivity contribution is 1.26. The van der Waals surface area contributed by atoms with Crippen LogP contribution in [0, 0.1) is 0 Å². The second-order valence-corrected chi connectivity index (χ2v) is 1.59. The maximum absolute atomic E-state index is 3.99. The summed E-state index contributed by atoms with van der Waals surface area (Å²) in [5.74, 6) is 0. The molecular weight excluding hydrogens is 100 g/mol. The molecule has 0 bridgehead atoms. The van der Waals surface area contributed by atoms with Gasteiger partial charge in [-0.25, -0.2) is 4.99 Å². The van der Waals surface area contributed by atoms with Crippen molar-refractivity contribution >= 4 is 12.1 Å². The lowest BCUT2D eigenvalue weighted by Crippen LogP contribution is -1.85. The van der Waals surface area contributed by atoms with E-state index in [9.17, 15) is 0 Å². The normalized spacial score (nSPS) is 13.1. The van der Waals surface area contributed by atoms with Gasteiger partial charge in [-0.15, -0.1) is 0 Å². The summed E-state index contributed by atoms with van der Waals surface area (Å²) in [6.45, 7) is 4.06. The number of aliphatic imine (C=N–C) groups is 2. The van der Waals surface area contributed by atoms with Crippen LogP contribution in [0.4, 0.5) is 0 Å². The smallest absolute Gasteiger partial charge is 0.109 e.